The van der Waals surface area contributed by atoms with Gasteiger partial charge in [0.25, 0.3) is 5.69 Å². The second-order valence-corrected chi connectivity index (χ2v) is 4.38. The fraction of sp³-hybridized carbons (Fsp3) is 0.231. The first kappa shape index (κ1) is 15.0. The maximum absolute atomic E-state index is 10.7. The molecule has 0 spiro atoms. The van der Waals surface area contributed by atoms with E-state index in [-0.39, 0.29) is 22.5 Å². The van der Waals surface area contributed by atoms with E-state index in [1.54, 1.807) is 0 Å². The quantitative estimate of drug-likeness (QED) is 0.478. The lowest BCUT2D eigenvalue weighted by molar-refractivity contribution is -0.384. The molecule has 1 aromatic carbocycles. The molecule has 21 heavy (non-hydrogen) atoms. The van der Waals surface area contributed by atoms with E-state index >= 15 is 0 Å². The zero-order valence-corrected chi connectivity index (χ0v) is 12.1. The molecule has 0 saturated heterocycles. The summed E-state index contributed by atoms with van der Waals surface area (Å²) in [5.74, 6) is 1.33. The van der Waals surface area contributed by atoms with Gasteiger partial charge in [0.2, 0.25) is 5.88 Å². The van der Waals surface area contributed by atoms with Gasteiger partial charge in [-0.25, -0.2) is 4.98 Å². The molecule has 1 aromatic heterocycles. The molecular formula is C13H12ClN3O4. The van der Waals surface area contributed by atoms with Crippen molar-refractivity contribution in [3.8, 4) is 17.4 Å². The summed E-state index contributed by atoms with van der Waals surface area (Å²) in [6, 6.07) is 5.50. The number of hydrogen-bond acceptors (Lipinski definition) is 6. The van der Waals surface area contributed by atoms with Crippen LogP contribution < -0.4 is 9.47 Å². The Hall–Kier alpha value is -2.41. The molecular weight excluding hydrogens is 298 g/mol. The van der Waals surface area contributed by atoms with Gasteiger partial charge in [-0.05, 0) is 6.07 Å². The minimum Gasteiger partial charge on any atom is -0.493 e. The molecule has 7 nitrogen and oxygen atoms in total. The predicted octanol–water partition coefficient (Wildman–Crippen LogP) is 3.40. The Morgan fingerprint density at radius 3 is 2.67 bits per heavy atom. The van der Waals surface area contributed by atoms with Gasteiger partial charge in [-0.3, -0.25) is 10.1 Å². The minimum atomic E-state index is -0.511. The van der Waals surface area contributed by atoms with Gasteiger partial charge in [-0.15, -0.1) is 0 Å². The van der Waals surface area contributed by atoms with Gasteiger partial charge in [0, 0.05) is 18.6 Å². The molecule has 0 N–H and O–H groups in total. The average molecular weight is 310 g/mol. The maximum atomic E-state index is 10.7. The van der Waals surface area contributed by atoms with Crippen LogP contribution in [0, 0.1) is 10.1 Å². The third kappa shape index (κ3) is 3.57. The van der Waals surface area contributed by atoms with E-state index in [0.29, 0.717) is 18.0 Å². The van der Waals surface area contributed by atoms with Gasteiger partial charge in [0.15, 0.2) is 11.5 Å². The highest BCUT2D eigenvalue weighted by Gasteiger charge is 2.14. The molecule has 2 rings (SSSR count). The number of nitrogens with zero attached hydrogens (tertiary/aromatic N) is 3. The van der Waals surface area contributed by atoms with Crippen molar-refractivity contribution in [1.29, 1.82) is 0 Å². The molecule has 0 radical (unpaired) electrons. The Morgan fingerprint density at radius 1 is 1.29 bits per heavy atom. The zero-order valence-electron chi connectivity index (χ0n) is 11.4. The summed E-state index contributed by atoms with van der Waals surface area (Å²) in [5, 5.41) is 11.0. The highest BCUT2D eigenvalue weighted by molar-refractivity contribution is 6.29. The normalized spacial score (nSPS) is 10.2. The fourth-order valence-electron chi connectivity index (χ4n) is 1.62. The van der Waals surface area contributed by atoms with Crippen molar-refractivity contribution in [1.82, 2.24) is 9.97 Å². The van der Waals surface area contributed by atoms with Crippen LogP contribution in [0.25, 0.3) is 0 Å². The maximum Gasteiger partial charge on any atom is 0.273 e. The van der Waals surface area contributed by atoms with E-state index in [1.807, 2.05) is 6.92 Å². The molecule has 0 atom stereocenters. The monoisotopic (exact) mass is 309 g/mol. The van der Waals surface area contributed by atoms with Crippen molar-refractivity contribution in [2.24, 2.45) is 0 Å². The molecule has 110 valence electrons. The van der Waals surface area contributed by atoms with Crippen molar-refractivity contribution in [2.75, 3.05) is 7.11 Å². The molecule has 0 fully saturated rings. The van der Waals surface area contributed by atoms with Crippen molar-refractivity contribution in [3.05, 3.63) is 45.4 Å². The standard InChI is InChI=1S/C13H12ClN3O4/c1-3-12-15-11(14)7-13(16-12)21-9-5-4-8(17(18)19)6-10(9)20-2/h4-7H,3H2,1-2H3. The van der Waals surface area contributed by atoms with Gasteiger partial charge in [-0.1, -0.05) is 18.5 Å². The predicted molar refractivity (Wildman–Crippen MR) is 76.1 cm³/mol. The summed E-state index contributed by atoms with van der Waals surface area (Å²) in [6.07, 6.45) is 0.605. The SMILES string of the molecule is CCc1nc(Cl)cc(Oc2ccc([N+](=O)[O-])cc2OC)n1. The molecule has 8 heteroatoms. The number of hydrogen-bond donors (Lipinski definition) is 0. The fourth-order valence-corrected chi connectivity index (χ4v) is 1.81. The van der Waals surface area contributed by atoms with Crippen LogP contribution in [0.1, 0.15) is 12.7 Å². The van der Waals surface area contributed by atoms with Crippen LogP contribution in [0.2, 0.25) is 5.15 Å². The number of halogens is 1. The topological polar surface area (TPSA) is 87.4 Å². The summed E-state index contributed by atoms with van der Waals surface area (Å²) in [4.78, 5) is 18.4. The summed E-state index contributed by atoms with van der Waals surface area (Å²) < 4.78 is 10.7. The number of aryl methyl sites for hydroxylation is 1. The Bertz CT molecular complexity index is 678. The Kier molecular flexibility index (Phi) is 4.54. The first-order valence-electron chi connectivity index (χ1n) is 6.07. The summed E-state index contributed by atoms with van der Waals surface area (Å²) in [5.41, 5.74) is -0.0887. The molecule has 0 saturated carbocycles. The number of nitro benzene ring substituents is 1. The van der Waals surface area contributed by atoms with E-state index in [1.165, 1.54) is 31.4 Å². The van der Waals surface area contributed by atoms with Crippen molar-refractivity contribution in [2.45, 2.75) is 13.3 Å². The minimum absolute atomic E-state index is 0.0887. The van der Waals surface area contributed by atoms with Crippen LogP contribution in [0.15, 0.2) is 24.3 Å². The lowest BCUT2D eigenvalue weighted by Crippen LogP contribution is -1.98. The highest BCUT2D eigenvalue weighted by Crippen LogP contribution is 2.34. The third-order valence-electron chi connectivity index (χ3n) is 2.61. The van der Waals surface area contributed by atoms with Crippen LogP contribution in [-0.4, -0.2) is 22.0 Å². The number of methoxy groups -OCH3 is 1. The number of non-ortho nitro benzene ring substituents is 1. The Labute approximate surface area is 125 Å². The summed E-state index contributed by atoms with van der Waals surface area (Å²) in [7, 11) is 1.40. The molecule has 0 amide bonds. The Morgan fingerprint density at radius 2 is 2.05 bits per heavy atom. The molecule has 2 aromatic rings. The number of rotatable bonds is 5. The van der Waals surface area contributed by atoms with Gasteiger partial charge < -0.3 is 9.47 Å². The molecule has 0 aliphatic rings. The van der Waals surface area contributed by atoms with Gasteiger partial charge >= 0.3 is 0 Å². The smallest absolute Gasteiger partial charge is 0.273 e. The molecule has 1 heterocycles. The zero-order chi connectivity index (χ0) is 15.4. The largest absolute Gasteiger partial charge is 0.493 e. The van der Waals surface area contributed by atoms with E-state index < -0.39 is 4.92 Å². The van der Waals surface area contributed by atoms with Crippen LogP contribution in [-0.2, 0) is 6.42 Å². The van der Waals surface area contributed by atoms with E-state index in [9.17, 15) is 10.1 Å². The summed E-state index contributed by atoms with van der Waals surface area (Å²) >= 11 is 5.88. The van der Waals surface area contributed by atoms with Gasteiger partial charge in [0.1, 0.15) is 11.0 Å². The average Bonchev–Trinajstić information content (AvgIpc) is 2.46. The molecule has 0 aliphatic heterocycles. The van der Waals surface area contributed by atoms with Gasteiger partial charge in [0.05, 0.1) is 18.1 Å². The Balaban J connectivity index is 2.35. The third-order valence-corrected chi connectivity index (χ3v) is 2.80. The highest BCUT2D eigenvalue weighted by atomic mass is 35.5. The first-order valence-corrected chi connectivity index (χ1v) is 6.45. The molecule has 0 bridgehead atoms. The van der Waals surface area contributed by atoms with Crippen LogP contribution >= 0.6 is 11.6 Å². The first-order chi connectivity index (χ1) is 10.0. The number of nitro groups is 1. The van der Waals surface area contributed by atoms with Crippen molar-refractivity contribution < 1.29 is 14.4 Å². The van der Waals surface area contributed by atoms with E-state index in [4.69, 9.17) is 21.1 Å². The van der Waals surface area contributed by atoms with Crippen LogP contribution in [0.4, 0.5) is 5.69 Å². The van der Waals surface area contributed by atoms with Crippen molar-refractivity contribution >= 4 is 17.3 Å². The second kappa shape index (κ2) is 6.36. The number of aromatic nitrogens is 2. The van der Waals surface area contributed by atoms with Crippen molar-refractivity contribution in [3.63, 3.8) is 0 Å². The van der Waals surface area contributed by atoms with Crippen LogP contribution in [0.5, 0.6) is 17.4 Å². The van der Waals surface area contributed by atoms with E-state index in [2.05, 4.69) is 9.97 Å². The molecule has 0 aliphatic carbocycles. The van der Waals surface area contributed by atoms with Gasteiger partial charge in [-0.2, -0.15) is 4.98 Å². The summed E-state index contributed by atoms with van der Waals surface area (Å²) in [6.45, 7) is 1.89. The second-order valence-electron chi connectivity index (χ2n) is 3.99. The number of benzene rings is 1. The lowest BCUT2D eigenvalue weighted by atomic mass is 10.3. The van der Waals surface area contributed by atoms with Crippen LogP contribution in [0.3, 0.4) is 0 Å². The lowest BCUT2D eigenvalue weighted by Gasteiger charge is -2.10. The molecule has 0 unspecified atom stereocenters. The van der Waals surface area contributed by atoms with E-state index in [0.717, 1.165) is 0 Å². The number of ether oxygens (including phenoxy) is 2.